The van der Waals surface area contributed by atoms with Crippen molar-refractivity contribution in [2.45, 2.75) is 35.5 Å². The zero-order valence-corrected chi connectivity index (χ0v) is 32.8. The maximum absolute atomic E-state index is 14.3. The van der Waals surface area contributed by atoms with Gasteiger partial charge in [0, 0.05) is 84.5 Å². The van der Waals surface area contributed by atoms with Gasteiger partial charge in [0.1, 0.15) is 0 Å². The maximum Gasteiger partial charge on any atom is 0.254 e. The summed E-state index contributed by atoms with van der Waals surface area (Å²) in [6, 6.07) is 36.0. The summed E-state index contributed by atoms with van der Waals surface area (Å²) in [5.74, 6) is 0.156. The van der Waals surface area contributed by atoms with Crippen LogP contribution in [0.15, 0.2) is 131 Å². The zero-order valence-electron chi connectivity index (χ0n) is 31.2. The van der Waals surface area contributed by atoms with E-state index in [4.69, 9.17) is 19.4 Å². The molecule has 0 radical (unpaired) electrons. The summed E-state index contributed by atoms with van der Waals surface area (Å²) < 4.78 is 10.8. The van der Waals surface area contributed by atoms with Crippen LogP contribution < -0.4 is 0 Å². The molecule has 0 spiro atoms. The SMILES string of the molecule is COCCN(CC(C)c1ccccc1)C(=O)c1cc(SSc2cc(C(=O)N(CCOC)CC(C)c3ccccc3)cc3cccnc23)c2ncccc2c1. The van der Waals surface area contributed by atoms with E-state index >= 15 is 0 Å². The van der Waals surface area contributed by atoms with E-state index in [1.165, 1.54) is 32.7 Å². The van der Waals surface area contributed by atoms with Crippen LogP contribution in [0.2, 0.25) is 0 Å². The summed E-state index contributed by atoms with van der Waals surface area (Å²) in [5.41, 5.74) is 5.14. The fourth-order valence-electron chi connectivity index (χ4n) is 6.54. The quantitative estimate of drug-likeness (QED) is 0.0852. The van der Waals surface area contributed by atoms with Gasteiger partial charge in [-0.2, -0.15) is 0 Å². The van der Waals surface area contributed by atoms with Gasteiger partial charge in [0.2, 0.25) is 0 Å². The minimum absolute atomic E-state index is 0.0620. The Morgan fingerprint density at radius 3 is 1.39 bits per heavy atom. The second-order valence-corrected chi connectivity index (χ2v) is 15.6. The van der Waals surface area contributed by atoms with Crippen LogP contribution in [0, 0.1) is 0 Å². The Hall–Kier alpha value is -4.74. The molecule has 0 fully saturated rings. The van der Waals surface area contributed by atoms with Gasteiger partial charge < -0.3 is 19.3 Å². The van der Waals surface area contributed by atoms with Gasteiger partial charge in [0.15, 0.2) is 0 Å². The average Bonchev–Trinajstić information content (AvgIpc) is 3.22. The molecule has 278 valence electrons. The van der Waals surface area contributed by atoms with Gasteiger partial charge in [-0.25, -0.2) is 0 Å². The third kappa shape index (κ3) is 9.67. The topological polar surface area (TPSA) is 84.9 Å². The summed E-state index contributed by atoms with van der Waals surface area (Å²) in [6.07, 6.45) is 3.54. The number of rotatable bonds is 17. The van der Waals surface area contributed by atoms with Crippen molar-refractivity contribution in [2.24, 2.45) is 0 Å². The van der Waals surface area contributed by atoms with Crippen molar-refractivity contribution in [3.8, 4) is 0 Å². The monoisotopic (exact) mass is 758 g/mol. The normalized spacial score (nSPS) is 12.4. The van der Waals surface area contributed by atoms with Crippen molar-refractivity contribution in [3.63, 3.8) is 0 Å². The fraction of sp³-hybridized carbons (Fsp3) is 0.273. The van der Waals surface area contributed by atoms with Gasteiger partial charge in [0.05, 0.1) is 24.2 Å². The third-order valence-electron chi connectivity index (χ3n) is 9.49. The number of benzene rings is 4. The molecule has 0 saturated heterocycles. The fourth-order valence-corrected chi connectivity index (χ4v) is 8.87. The van der Waals surface area contributed by atoms with E-state index in [1.807, 2.05) is 94.7 Å². The first-order valence-electron chi connectivity index (χ1n) is 18.1. The molecule has 2 aromatic heterocycles. The smallest absolute Gasteiger partial charge is 0.254 e. The number of pyridine rings is 2. The van der Waals surface area contributed by atoms with Gasteiger partial charge in [-0.3, -0.25) is 19.6 Å². The van der Waals surface area contributed by atoms with Crippen molar-refractivity contribution < 1.29 is 19.1 Å². The van der Waals surface area contributed by atoms with E-state index in [1.54, 1.807) is 26.6 Å². The predicted octanol–water partition coefficient (Wildman–Crippen LogP) is 9.37. The number of ether oxygens (including phenoxy) is 2. The Kier molecular flexibility index (Phi) is 13.7. The summed E-state index contributed by atoms with van der Waals surface area (Å²) in [4.78, 5) is 43.4. The molecule has 2 heterocycles. The van der Waals surface area contributed by atoms with Gasteiger partial charge in [-0.1, -0.05) is 108 Å². The van der Waals surface area contributed by atoms with Gasteiger partial charge in [-0.05, 0) is 59.4 Å². The van der Waals surface area contributed by atoms with Gasteiger partial charge >= 0.3 is 0 Å². The second kappa shape index (κ2) is 19.0. The highest BCUT2D eigenvalue weighted by Gasteiger charge is 2.23. The highest BCUT2D eigenvalue weighted by molar-refractivity contribution is 8.76. The number of carbonyl (C=O) groups excluding carboxylic acids is 2. The molecule has 0 aliphatic carbocycles. The minimum Gasteiger partial charge on any atom is -0.383 e. The number of amides is 2. The number of aromatic nitrogens is 2. The first kappa shape index (κ1) is 39.0. The van der Waals surface area contributed by atoms with Crippen LogP contribution in [0.3, 0.4) is 0 Å². The van der Waals surface area contributed by atoms with E-state index in [2.05, 4.69) is 38.1 Å². The lowest BCUT2D eigenvalue weighted by atomic mass is 10.00. The Balaban J connectivity index is 1.30. The van der Waals surface area contributed by atoms with Crippen LogP contribution in [0.1, 0.15) is 57.5 Å². The Morgan fingerprint density at radius 1 is 0.593 bits per heavy atom. The summed E-state index contributed by atoms with van der Waals surface area (Å²) >= 11 is 0. The minimum atomic E-state index is -0.0620. The molecule has 8 nitrogen and oxygen atoms in total. The number of methoxy groups -OCH3 is 2. The maximum atomic E-state index is 14.3. The summed E-state index contributed by atoms with van der Waals surface area (Å²) in [6.45, 7) is 7.20. The first-order valence-corrected chi connectivity index (χ1v) is 20.3. The largest absolute Gasteiger partial charge is 0.383 e. The lowest BCUT2D eigenvalue weighted by Crippen LogP contribution is -2.36. The summed E-state index contributed by atoms with van der Waals surface area (Å²) in [7, 11) is 6.33. The van der Waals surface area contributed by atoms with Gasteiger partial charge in [0.25, 0.3) is 11.8 Å². The van der Waals surface area contributed by atoms with Crippen LogP contribution in [-0.4, -0.2) is 85.2 Å². The number of hydrogen-bond acceptors (Lipinski definition) is 8. The van der Waals surface area contributed by atoms with Crippen molar-refractivity contribution >= 4 is 55.2 Å². The molecular weight excluding hydrogens is 713 g/mol. The zero-order chi connectivity index (χ0) is 37.9. The molecule has 10 heteroatoms. The number of carbonyl (C=O) groups is 2. The molecule has 2 unspecified atom stereocenters. The molecule has 6 rings (SSSR count). The van der Waals surface area contributed by atoms with Crippen LogP contribution in [0.5, 0.6) is 0 Å². The molecular formula is C44H46N4O4S2. The van der Waals surface area contributed by atoms with E-state index in [-0.39, 0.29) is 23.7 Å². The van der Waals surface area contributed by atoms with E-state index in [9.17, 15) is 9.59 Å². The molecule has 0 bridgehead atoms. The first-order chi connectivity index (χ1) is 26.4. The molecule has 54 heavy (non-hydrogen) atoms. The summed E-state index contributed by atoms with van der Waals surface area (Å²) in [5, 5.41) is 1.75. The Bertz CT molecular complexity index is 2010. The Labute approximate surface area is 325 Å². The van der Waals surface area contributed by atoms with E-state index < -0.39 is 0 Å². The van der Waals surface area contributed by atoms with Crippen LogP contribution in [-0.2, 0) is 9.47 Å². The standard InChI is InChI=1S/C44H46N4O4S2/c1-31(33-13-7-5-8-14-33)29-47(21-23-51-3)43(49)37-25-35-17-11-19-45-41(35)39(27-37)53-54-40-28-38(26-36-18-12-20-46-42(36)40)44(50)48(22-24-52-4)30-32(2)34-15-9-6-10-16-34/h5-20,25-28,31-32H,21-24,29-30H2,1-4H3. The van der Waals surface area contributed by atoms with Crippen LogP contribution >= 0.6 is 21.6 Å². The average molecular weight is 759 g/mol. The van der Waals surface area contributed by atoms with E-state index in [0.717, 1.165) is 31.6 Å². The molecule has 0 aliphatic heterocycles. The number of nitrogens with zero attached hydrogens (tertiary/aromatic N) is 4. The van der Waals surface area contributed by atoms with Crippen molar-refractivity contribution in [2.75, 3.05) is 53.6 Å². The van der Waals surface area contributed by atoms with Crippen molar-refractivity contribution in [1.29, 1.82) is 0 Å². The second-order valence-electron chi connectivity index (χ2n) is 13.4. The lowest BCUT2D eigenvalue weighted by Gasteiger charge is -2.26. The molecule has 2 amide bonds. The molecule has 6 aromatic rings. The Morgan fingerprint density at radius 2 is 1.00 bits per heavy atom. The molecule has 2 atom stereocenters. The van der Waals surface area contributed by atoms with Crippen molar-refractivity contribution in [1.82, 2.24) is 19.8 Å². The predicted molar refractivity (Wildman–Crippen MR) is 220 cm³/mol. The third-order valence-corrected chi connectivity index (χ3v) is 11.9. The molecule has 4 aromatic carbocycles. The number of fused-ring (bicyclic) bond motifs is 2. The molecule has 0 saturated carbocycles. The van der Waals surface area contributed by atoms with Crippen LogP contribution in [0.4, 0.5) is 0 Å². The lowest BCUT2D eigenvalue weighted by molar-refractivity contribution is 0.0680. The molecule has 0 N–H and O–H groups in total. The highest BCUT2D eigenvalue weighted by atomic mass is 33.1. The van der Waals surface area contributed by atoms with E-state index in [0.29, 0.717) is 50.5 Å². The van der Waals surface area contributed by atoms with Gasteiger partial charge in [-0.15, -0.1) is 0 Å². The van der Waals surface area contributed by atoms with Crippen molar-refractivity contribution in [3.05, 3.63) is 144 Å². The molecule has 0 aliphatic rings. The van der Waals surface area contributed by atoms with Crippen LogP contribution in [0.25, 0.3) is 21.8 Å². The number of hydrogen-bond donors (Lipinski definition) is 0. The highest BCUT2D eigenvalue weighted by Crippen LogP contribution is 2.43.